The first kappa shape index (κ1) is 33.5. The SMILES string of the molecule is CC(C)n1c(CC[C@@H](O)C[C@@H](O)CC(=O)[O-])c(-c2ccc(F)cc2)c(-c2ccccc2)c1C(=O)Nc1cccc(S(N)(=O)=O)c1. The minimum Gasteiger partial charge on any atom is -0.550 e. The summed E-state index contributed by atoms with van der Waals surface area (Å²) in [6.45, 7) is 3.76. The molecule has 0 spiro atoms. The number of anilines is 1. The summed E-state index contributed by atoms with van der Waals surface area (Å²) in [5.41, 5.74) is 3.56. The Bertz CT molecular complexity index is 1770. The molecule has 2 atom stereocenters. The standard InChI is InChI=1S/C33H36FN3O7S/c1-20(2)37-28(16-15-25(38)18-26(39)19-29(40)41)30(22-11-13-23(34)14-12-22)31(21-7-4-3-5-8-21)32(37)33(42)36-24-9-6-10-27(17-24)45(35,43)44/h3-14,17,20,25-26,38-39H,15-16,18-19H2,1-2H3,(H,36,42)(H,40,41)(H2,35,43,44)/p-1/t25-,26-/m1/s1. The highest BCUT2D eigenvalue weighted by molar-refractivity contribution is 7.89. The Hall–Kier alpha value is -4.36. The van der Waals surface area contributed by atoms with Gasteiger partial charge in [0.15, 0.2) is 0 Å². The van der Waals surface area contributed by atoms with E-state index in [1.165, 1.54) is 36.4 Å². The van der Waals surface area contributed by atoms with Crippen molar-refractivity contribution < 1.29 is 37.7 Å². The zero-order valence-corrected chi connectivity index (χ0v) is 25.6. The summed E-state index contributed by atoms with van der Waals surface area (Å²) in [6.07, 6.45) is -2.86. The highest BCUT2D eigenvalue weighted by Gasteiger charge is 2.30. The molecule has 0 saturated heterocycles. The van der Waals surface area contributed by atoms with Gasteiger partial charge in [0.1, 0.15) is 11.5 Å². The maximum atomic E-state index is 14.2. The van der Waals surface area contributed by atoms with E-state index in [-0.39, 0.29) is 41.6 Å². The number of carboxylic acid groups (broad SMARTS) is 1. The van der Waals surface area contributed by atoms with Gasteiger partial charge in [-0.3, -0.25) is 4.79 Å². The third kappa shape index (κ3) is 8.22. The second-order valence-electron chi connectivity index (χ2n) is 11.1. The molecular weight excluding hydrogens is 601 g/mol. The van der Waals surface area contributed by atoms with E-state index in [2.05, 4.69) is 5.32 Å². The molecule has 0 bridgehead atoms. The van der Waals surface area contributed by atoms with Crippen LogP contribution in [0.2, 0.25) is 0 Å². The molecular formula is C33H35FN3O7S-. The number of halogens is 1. The van der Waals surface area contributed by atoms with Gasteiger partial charge in [0.25, 0.3) is 5.91 Å². The molecule has 12 heteroatoms. The molecule has 4 aromatic rings. The first-order valence-corrected chi connectivity index (χ1v) is 15.9. The molecule has 0 aliphatic carbocycles. The second-order valence-corrected chi connectivity index (χ2v) is 12.6. The number of hydrogen-bond acceptors (Lipinski definition) is 7. The Kier molecular flexibility index (Phi) is 10.6. The summed E-state index contributed by atoms with van der Waals surface area (Å²) in [6, 6.07) is 20.2. The molecule has 0 saturated carbocycles. The van der Waals surface area contributed by atoms with Crippen LogP contribution in [0.25, 0.3) is 22.3 Å². The first-order valence-electron chi connectivity index (χ1n) is 14.3. The highest BCUT2D eigenvalue weighted by Crippen LogP contribution is 2.43. The molecule has 0 radical (unpaired) electrons. The van der Waals surface area contributed by atoms with Crippen LogP contribution in [0.15, 0.2) is 83.8 Å². The zero-order valence-electron chi connectivity index (χ0n) is 24.8. The Balaban J connectivity index is 1.91. The van der Waals surface area contributed by atoms with Crippen molar-refractivity contribution in [3.05, 3.63) is 96.1 Å². The Labute approximate surface area is 261 Å². The lowest BCUT2D eigenvalue weighted by atomic mass is 9.92. The van der Waals surface area contributed by atoms with Gasteiger partial charge in [-0.1, -0.05) is 48.5 Å². The average Bonchev–Trinajstić information content (AvgIpc) is 3.32. The van der Waals surface area contributed by atoms with Crippen LogP contribution < -0.4 is 15.6 Å². The molecule has 3 aromatic carbocycles. The van der Waals surface area contributed by atoms with Crippen LogP contribution in [-0.2, 0) is 21.2 Å². The lowest BCUT2D eigenvalue weighted by molar-refractivity contribution is -0.307. The van der Waals surface area contributed by atoms with E-state index < -0.39 is 46.3 Å². The van der Waals surface area contributed by atoms with Crippen LogP contribution in [0.1, 0.15) is 55.3 Å². The van der Waals surface area contributed by atoms with Crippen LogP contribution in [0.5, 0.6) is 0 Å². The fourth-order valence-corrected chi connectivity index (χ4v) is 6.00. The molecule has 5 N–H and O–H groups in total. The number of aliphatic hydroxyl groups is 2. The van der Waals surface area contributed by atoms with Gasteiger partial charge in [-0.25, -0.2) is 17.9 Å². The number of carboxylic acids is 1. The van der Waals surface area contributed by atoms with Gasteiger partial charge in [-0.15, -0.1) is 0 Å². The number of sulfonamides is 1. The van der Waals surface area contributed by atoms with E-state index >= 15 is 0 Å². The third-order valence-electron chi connectivity index (χ3n) is 7.32. The topological polar surface area (TPSA) is 175 Å². The smallest absolute Gasteiger partial charge is 0.272 e. The normalized spacial score (nSPS) is 13.0. The zero-order chi connectivity index (χ0) is 32.9. The van der Waals surface area contributed by atoms with E-state index in [9.17, 15) is 37.7 Å². The summed E-state index contributed by atoms with van der Waals surface area (Å²) in [5, 5.41) is 39.8. The number of aliphatic hydroxyl groups excluding tert-OH is 2. The molecule has 0 unspecified atom stereocenters. The minimum absolute atomic E-state index is 0.112. The Morgan fingerprint density at radius 3 is 2.18 bits per heavy atom. The third-order valence-corrected chi connectivity index (χ3v) is 8.23. The highest BCUT2D eigenvalue weighted by atomic mass is 32.2. The van der Waals surface area contributed by atoms with Gasteiger partial charge in [-0.05, 0) is 74.6 Å². The van der Waals surface area contributed by atoms with E-state index in [4.69, 9.17) is 5.14 Å². The largest absolute Gasteiger partial charge is 0.550 e. The van der Waals surface area contributed by atoms with Crippen molar-refractivity contribution in [3.8, 4) is 22.3 Å². The van der Waals surface area contributed by atoms with Crippen molar-refractivity contribution in [1.29, 1.82) is 0 Å². The van der Waals surface area contributed by atoms with Crippen molar-refractivity contribution in [2.24, 2.45) is 5.14 Å². The minimum atomic E-state index is -4.04. The Morgan fingerprint density at radius 1 is 0.933 bits per heavy atom. The van der Waals surface area contributed by atoms with Crippen LogP contribution >= 0.6 is 0 Å². The summed E-state index contributed by atoms with van der Waals surface area (Å²) in [5.74, 6) is -2.43. The number of benzene rings is 3. The van der Waals surface area contributed by atoms with Gasteiger partial charge >= 0.3 is 0 Å². The molecule has 1 aromatic heterocycles. The Morgan fingerprint density at radius 2 is 1.58 bits per heavy atom. The summed E-state index contributed by atoms with van der Waals surface area (Å²) < 4.78 is 39.8. The van der Waals surface area contributed by atoms with Gasteiger partial charge in [0.2, 0.25) is 10.0 Å². The number of carbonyl (C=O) groups excluding carboxylic acids is 2. The summed E-state index contributed by atoms with van der Waals surface area (Å²) in [4.78, 5) is 24.9. The van der Waals surface area contributed by atoms with Crippen LogP contribution in [0, 0.1) is 5.82 Å². The number of carbonyl (C=O) groups is 2. The van der Waals surface area contributed by atoms with Gasteiger partial charge in [0, 0.05) is 40.9 Å². The molecule has 1 amide bonds. The molecule has 238 valence electrons. The van der Waals surface area contributed by atoms with E-state index in [0.29, 0.717) is 27.9 Å². The number of primary sulfonamides is 1. The van der Waals surface area contributed by atoms with Crippen LogP contribution in [0.4, 0.5) is 10.1 Å². The molecule has 1 heterocycles. The van der Waals surface area contributed by atoms with Gasteiger partial charge in [-0.2, -0.15) is 0 Å². The van der Waals surface area contributed by atoms with Crippen LogP contribution in [0.3, 0.4) is 0 Å². The van der Waals surface area contributed by atoms with E-state index in [1.54, 1.807) is 12.1 Å². The molecule has 0 aliphatic heterocycles. The number of hydrogen-bond donors (Lipinski definition) is 4. The first-order chi connectivity index (χ1) is 21.3. The number of aliphatic carboxylic acids is 1. The van der Waals surface area contributed by atoms with Crippen molar-refractivity contribution in [1.82, 2.24) is 4.57 Å². The van der Waals surface area contributed by atoms with Crippen molar-refractivity contribution >= 4 is 27.6 Å². The van der Waals surface area contributed by atoms with Crippen molar-refractivity contribution in [3.63, 3.8) is 0 Å². The maximum Gasteiger partial charge on any atom is 0.272 e. The molecule has 0 fully saturated rings. The molecule has 45 heavy (non-hydrogen) atoms. The number of nitrogens with two attached hydrogens (primary N) is 1. The van der Waals surface area contributed by atoms with Crippen molar-refractivity contribution in [2.45, 2.75) is 62.7 Å². The number of amides is 1. The second kappa shape index (κ2) is 14.2. The number of nitrogens with one attached hydrogen (secondary N) is 1. The van der Waals surface area contributed by atoms with E-state index in [1.807, 2.05) is 48.7 Å². The van der Waals surface area contributed by atoms with E-state index in [0.717, 1.165) is 0 Å². The fourth-order valence-electron chi connectivity index (χ4n) is 5.44. The predicted molar refractivity (Wildman–Crippen MR) is 166 cm³/mol. The molecule has 4 rings (SSSR count). The number of nitrogens with zero attached hydrogens (tertiary/aromatic N) is 1. The summed E-state index contributed by atoms with van der Waals surface area (Å²) in [7, 11) is -4.04. The van der Waals surface area contributed by atoms with Crippen LogP contribution in [-0.4, -0.2) is 47.3 Å². The molecule has 10 nitrogen and oxygen atoms in total. The number of rotatable bonds is 13. The number of aromatic nitrogens is 1. The monoisotopic (exact) mass is 636 g/mol. The molecule has 0 aliphatic rings. The van der Waals surface area contributed by atoms with Gasteiger partial charge in [0.05, 0.1) is 17.1 Å². The fraction of sp³-hybridized carbons (Fsp3) is 0.273. The maximum absolute atomic E-state index is 14.2. The average molecular weight is 637 g/mol. The van der Waals surface area contributed by atoms with Gasteiger partial charge < -0.3 is 30.0 Å². The lowest BCUT2D eigenvalue weighted by Gasteiger charge is -2.20. The summed E-state index contributed by atoms with van der Waals surface area (Å²) >= 11 is 0. The predicted octanol–water partition coefficient (Wildman–Crippen LogP) is 3.63. The quantitative estimate of drug-likeness (QED) is 0.173. The van der Waals surface area contributed by atoms with Crippen molar-refractivity contribution in [2.75, 3.05) is 5.32 Å². The lowest BCUT2D eigenvalue weighted by Crippen LogP contribution is -2.29.